The first kappa shape index (κ1) is 14.9. The molecule has 1 aromatic rings. The lowest BCUT2D eigenvalue weighted by Crippen LogP contribution is -2.39. The van der Waals surface area contributed by atoms with Crippen LogP contribution in [-0.2, 0) is 4.79 Å². The van der Waals surface area contributed by atoms with Crippen molar-refractivity contribution in [2.24, 2.45) is 5.73 Å². The molecule has 6 heteroatoms. The number of carbonyl (C=O) groups excluding carboxylic acids is 2. The van der Waals surface area contributed by atoms with Gasteiger partial charge in [-0.25, -0.2) is 4.79 Å². The number of primary amides is 1. The number of rotatable bonds is 4. The molecule has 2 atom stereocenters. The first-order valence-electron chi connectivity index (χ1n) is 5.42. The normalized spacial score (nSPS) is 13.7. The van der Waals surface area contributed by atoms with E-state index in [2.05, 4.69) is 5.32 Å². The van der Waals surface area contributed by atoms with Crippen LogP contribution in [0.4, 0.5) is 4.79 Å². The zero-order chi connectivity index (χ0) is 13.7. The van der Waals surface area contributed by atoms with Gasteiger partial charge in [0.2, 0.25) is 5.91 Å². The van der Waals surface area contributed by atoms with Crippen molar-refractivity contribution in [3.05, 3.63) is 34.9 Å². The third-order valence-corrected chi connectivity index (χ3v) is 4.00. The van der Waals surface area contributed by atoms with Crippen LogP contribution in [0.25, 0.3) is 0 Å². The molecule has 0 bridgehead atoms. The Morgan fingerprint density at radius 2 is 1.94 bits per heavy atom. The predicted molar refractivity (Wildman–Crippen MR) is 74.6 cm³/mol. The van der Waals surface area contributed by atoms with Crippen molar-refractivity contribution in [3.8, 4) is 0 Å². The number of imide groups is 1. The molecule has 1 rings (SSSR count). The Bertz CT molecular complexity index is 453. The number of urea groups is 1. The van der Waals surface area contributed by atoms with Crippen LogP contribution in [0.5, 0.6) is 0 Å². The zero-order valence-corrected chi connectivity index (χ0v) is 11.7. The summed E-state index contributed by atoms with van der Waals surface area (Å²) in [6.45, 7) is 3.68. The van der Waals surface area contributed by atoms with Gasteiger partial charge in [0.1, 0.15) is 0 Å². The van der Waals surface area contributed by atoms with Gasteiger partial charge in [0.05, 0.1) is 5.25 Å². The van der Waals surface area contributed by atoms with Crippen molar-refractivity contribution >= 4 is 35.3 Å². The lowest BCUT2D eigenvalue weighted by Gasteiger charge is -2.17. The van der Waals surface area contributed by atoms with Crippen molar-refractivity contribution in [1.29, 1.82) is 0 Å². The summed E-state index contributed by atoms with van der Waals surface area (Å²) in [7, 11) is 0. The second kappa shape index (κ2) is 6.66. The van der Waals surface area contributed by atoms with Crippen LogP contribution in [0.15, 0.2) is 24.3 Å². The van der Waals surface area contributed by atoms with Gasteiger partial charge in [-0.3, -0.25) is 10.1 Å². The van der Waals surface area contributed by atoms with E-state index in [9.17, 15) is 9.59 Å². The summed E-state index contributed by atoms with van der Waals surface area (Å²) in [6.07, 6.45) is 0. The number of hydrogen-bond acceptors (Lipinski definition) is 3. The Hall–Kier alpha value is -1.20. The Morgan fingerprint density at radius 3 is 2.50 bits per heavy atom. The minimum atomic E-state index is -0.835. The van der Waals surface area contributed by atoms with Crippen LogP contribution in [0, 0.1) is 0 Å². The standard InChI is InChI=1S/C12H15ClN2O2S/c1-7(9-5-3-4-6-10(9)13)18-8(2)11(16)15-12(14)17/h3-8H,1-2H3,(H3,14,15,16,17)/t7-,8+/m0/s1. The van der Waals surface area contributed by atoms with Gasteiger partial charge in [-0.1, -0.05) is 29.8 Å². The molecule has 3 amide bonds. The predicted octanol–water partition coefficient (Wildman–Crippen LogP) is 2.72. The van der Waals surface area contributed by atoms with Gasteiger partial charge in [-0.2, -0.15) is 0 Å². The smallest absolute Gasteiger partial charge is 0.318 e. The number of halogens is 1. The molecule has 0 unspecified atom stereocenters. The molecule has 0 aliphatic carbocycles. The maximum atomic E-state index is 11.5. The van der Waals surface area contributed by atoms with Gasteiger partial charge < -0.3 is 5.73 Å². The van der Waals surface area contributed by atoms with Crippen molar-refractivity contribution < 1.29 is 9.59 Å². The molecular weight excluding hydrogens is 272 g/mol. The van der Waals surface area contributed by atoms with E-state index in [1.807, 2.05) is 31.2 Å². The van der Waals surface area contributed by atoms with E-state index in [-0.39, 0.29) is 10.5 Å². The highest BCUT2D eigenvalue weighted by atomic mass is 35.5. The molecule has 98 valence electrons. The number of benzene rings is 1. The molecule has 0 saturated heterocycles. The number of nitrogens with one attached hydrogen (secondary N) is 1. The zero-order valence-electron chi connectivity index (χ0n) is 10.1. The number of hydrogen-bond donors (Lipinski definition) is 2. The van der Waals surface area contributed by atoms with Crippen molar-refractivity contribution in [2.75, 3.05) is 0 Å². The third-order valence-electron chi connectivity index (χ3n) is 2.37. The molecule has 0 aliphatic heterocycles. The monoisotopic (exact) mass is 286 g/mol. The second-order valence-corrected chi connectivity index (χ2v) is 5.89. The lowest BCUT2D eigenvalue weighted by molar-refractivity contribution is -0.119. The van der Waals surface area contributed by atoms with E-state index in [1.54, 1.807) is 6.92 Å². The van der Waals surface area contributed by atoms with E-state index in [1.165, 1.54) is 11.8 Å². The highest BCUT2D eigenvalue weighted by Crippen LogP contribution is 2.35. The van der Waals surface area contributed by atoms with Crippen molar-refractivity contribution in [1.82, 2.24) is 5.32 Å². The van der Waals surface area contributed by atoms with Gasteiger partial charge in [-0.05, 0) is 25.5 Å². The van der Waals surface area contributed by atoms with Crippen LogP contribution in [0.1, 0.15) is 24.7 Å². The summed E-state index contributed by atoms with van der Waals surface area (Å²) in [5, 5.41) is 2.39. The molecular formula is C12H15ClN2O2S. The van der Waals surface area contributed by atoms with E-state index in [0.29, 0.717) is 5.02 Å². The molecule has 0 spiro atoms. The van der Waals surface area contributed by atoms with Gasteiger partial charge >= 0.3 is 6.03 Å². The van der Waals surface area contributed by atoms with Crippen LogP contribution < -0.4 is 11.1 Å². The number of carbonyl (C=O) groups is 2. The van der Waals surface area contributed by atoms with E-state index in [0.717, 1.165) is 5.56 Å². The van der Waals surface area contributed by atoms with Crippen LogP contribution in [0.3, 0.4) is 0 Å². The summed E-state index contributed by atoms with van der Waals surface area (Å²) < 4.78 is 0. The van der Waals surface area contributed by atoms with Gasteiger partial charge in [0.15, 0.2) is 0 Å². The topological polar surface area (TPSA) is 72.2 Å². The van der Waals surface area contributed by atoms with Crippen LogP contribution in [0.2, 0.25) is 5.02 Å². The summed E-state index contributed by atoms with van der Waals surface area (Å²) in [6, 6.07) is 6.64. The minimum Gasteiger partial charge on any atom is -0.351 e. The highest BCUT2D eigenvalue weighted by Gasteiger charge is 2.20. The largest absolute Gasteiger partial charge is 0.351 e. The maximum absolute atomic E-state index is 11.5. The minimum absolute atomic E-state index is 0.0485. The van der Waals surface area contributed by atoms with Crippen LogP contribution >= 0.6 is 23.4 Å². The summed E-state index contributed by atoms with van der Waals surface area (Å²) in [5.74, 6) is -0.397. The van der Waals surface area contributed by atoms with Crippen molar-refractivity contribution in [3.63, 3.8) is 0 Å². The molecule has 0 aromatic heterocycles. The fourth-order valence-corrected chi connectivity index (χ4v) is 2.98. The maximum Gasteiger partial charge on any atom is 0.318 e. The summed E-state index contributed by atoms with van der Waals surface area (Å²) in [5.41, 5.74) is 5.86. The molecule has 0 heterocycles. The molecule has 3 N–H and O–H groups in total. The van der Waals surface area contributed by atoms with Gasteiger partial charge in [-0.15, -0.1) is 11.8 Å². The molecule has 0 aliphatic rings. The van der Waals surface area contributed by atoms with E-state index >= 15 is 0 Å². The Balaban J connectivity index is 2.65. The molecule has 18 heavy (non-hydrogen) atoms. The highest BCUT2D eigenvalue weighted by molar-refractivity contribution is 8.00. The van der Waals surface area contributed by atoms with Gasteiger partial charge in [0, 0.05) is 10.3 Å². The lowest BCUT2D eigenvalue weighted by atomic mass is 10.2. The Kier molecular flexibility index (Phi) is 5.50. The first-order valence-corrected chi connectivity index (χ1v) is 6.74. The molecule has 0 fully saturated rings. The number of thioether (sulfide) groups is 1. The van der Waals surface area contributed by atoms with Crippen molar-refractivity contribution in [2.45, 2.75) is 24.3 Å². The second-order valence-electron chi connectivity index (χ2n) is 3.80. The van der Waals surface area contributed by atoms with Crippen LogP contribution in [-0.4, -0.2) is 17.2 Å². The average Bonchev–Trinajstić information content (AvgIpc) is 2.28. The molecule has 4 nitrogen and oxygen atoms in total. The number of nitrogens with two attached hydrogens (primary N) is 1. The Morgan fingerprint density at radius 1 is 1.33 bits per heavy atom. The first-order chi connectivity index (χ1) is 8.41. The average molecular weight is 287 g/mol. The summed E-state index contributed by atoms with van der Waals surface area (Å²) >= 11 is 7.49. The molecule has 0 radical (unpaired) electrons. The fraction of sp³-hybridized carbons (Fsp3) is 0.333. The molecule has 1 aromatic carbocycles. The van der Waals surface area contributed by atoms with Gasteiger partial charge in [0.25, 0.3) is 0 Å². The molecule has 0 saturated carbocycles. The summed E-state index contributed by atoms with van der Waals surface area (Å²) in [4.78, 5) is 22.1. The fourth-order valence-electron chi connectivity index (χ4n) is 1.47. The Labute approximate surface area is 115 Å². The number of amides is 3. The SMILES string of the molecule is C[C@H](S[C@H](C)C(=O)NC(N)=O)c1ccccc1Cl. The third kappa shape index (κ3) is 4.23. The quantitative estimate of drug-likeness (QED) is 0.894. The van der Waals surface area contributed by atoms with E-state index in [4.69, 9.17) is 17.3 Å². The van der Waals surface area contributed by atoms with E-state index < -0.39 is 11.9 Å².